The summed E-state index contributed by atoms with van der Waals surface area (Å²) in [7, 11) is 0. The van der Waals surface area contributed by atoms with Gasteiger partial charge in [-0.3, -0.25) is 4.79 Å². The fourth-order valence-corrected chi connectivity index (χ4v) is 3.65. The second-order valence-corrected chi connectivity index (χ2v) is 7.43. The molecule has 1 aromatic carbocycles. The van der Waals surface area contributed by atoms with E-state index in [2.05, 4.69) is 10.4 Å². The molecule has 150 valence electrons. The Morgan fingerprint density at radius 1 is 1.28 bits per heavy atom. The van der Waals surface area contributed by atoms with Gasteiger partial charge in [-0.25, -0.2) is 13.9 Å². The van der Waals surface area contributed by atoms with Crippen molar-refractivity contribution < 1.29 is 18.7 Å². The quantitative estimate of drug-likeness (QED) is 0.626. The number of fused-ring (bicyclic) bond motifs is 1. The number of halogens is 1. The third-order valence-corrected chi connectivity index (χ3v) is 5.21. The van der Waals surface area contributed by atoms with E-state index in [0.717, 1.165) is 0 Å². The van der Waals surface area contributed by atoms with Gasteiger partial charge in [0.15, 0.2) is 17.2 Å². The molecule has 0 saturated heterocycles. The third kappa shape index (κ3) is 3.02. The van der Waals surface area contributed by atoms with Gasteiger partial charge in [0, 0.05) is 12.1 Å². The monoisotopic (exact) mass is 397 g/mol. The molecule has 0 unspecified atom stereocenters. The Morgan fingerprint density at radius 3 is 3.00 bits per heavy atom. The SMILES string of the molecule is C[C@@H]1COc2cn3ncc4c3nc2N1Cc1cc(F)ccc1O[C@@H](C)CNC4=O. The molecular weight excluding hydrogens is 377 g/mol. The predicted molar refractivity (Wildman–Crippen MR) is 103 cm³/mol. The number of nitrogens with one attached hydrogen (secondary N) is 1. The third-order valence-electron chi connectivity index (χ3n) is 5.21. The van der Waals surface area contributed by atoms with Crippen molar-refractivity contribution in [2.75, 3.05) is 18.1 Å². The zero-order valence-electron chi connectivity index (χ0n) is 16.1. The molecule has 8 nitrogen and oxygen atoms in total. The van der Waals surface area contributed by atoms with Gasteiger partial charge in [-0.1, -0.05) is 0 Å². The maximum atomic E-state index is 14.0. The standard InChI is InChI=1S/C20H20FN5O3/c1-11-10-28-17-9-26-18-15(7-23-26)20(27)22-6-12(2)29-16-4-3-14(21)5-13(16)8-25(11)19(17)24-18/h3-5,7,9,11-12H,6,8,10H2,1-2H3,(H,22,27)/t11-,12+/m1/s1. The summed E-state index contributed by atoms with van der Waals surface area (Å²) >= 11 is 0. The average Bonchev–Trinajstić information content (AvgIpc) is 3.11. The van der Waals surface area contributed by atoms with Gasteiger partial charge < -0.3 is 19.7 Å². The Bertz CT molecular complexity index is 1110. The summed E-state index contributed by atoms with van der Waals surface area (Å²) in [5.74, 6) is 1.12. The van der Waals surface area contributed by atoms with Crippen molar-refractivity contribution in [2.24, 2.45) is 0 Å². The fourth-order valence-electron chi connectivity index (χ4n) is 3.65. The lowest BCUT2D eigenvalue weighted by atomic mass is 10.1. The van der Waals surface area contributed by atoms with E-state index in [0.29, 0.717) is 53.8 Å². The van der Waals surface area contributed by atoms with Gasteiger partial charge in [-0.05, 0) is 32.0 Å². The Labute approximate surface area is 166 Å². The molecule has 29 heavy (non-hydrogen) atoms. The first-order chi connectivity index (χ1) is 14.0. The normalized spacial score (nSPS) is 21.3. The Balaban J connectivity index is 1.70. The molecule has 2 aliphatic rings. The lowest BCUT2D eigenvalue weighted by Gasteiger charge is -2.36. The van der Waals surface area contributed by atoms with Gasteiger partial charge >= 0.3 is 0 Å². The number of rotatable bonds is 0. The van der Waals surface area contributed by atoms with Crippen LogP contribution in [0.2, 0.25) is 0 Å². The van der Waals surface area contributed by atoms with Crippen LogP contribution in [0.5, 0.6) is 11.5 Å². The van der Waals surface area contributed by atoms with Crippen molar-refractivity contribution in [2.45, 2.75) is 32.5 Å². The van der Waals surface area contributed by atoms with E-state index < -0.39 is 0 Å². The van der Waals surface area contributed by atoms with Crippen molar-refractivity contribution in [3.05, 3.63) is 47.5 Å². The second kappa shape index (κ2) is 6.61. The summed E-state index contributed by atoms with van der Waals surface area (Å²) in [6, 6.07) is 4.47. The van der Waals surface area contributed by atoms with Crippen LogP contribution in [0.15, 0.2) is 30.6 Å². The van der Waals surface area contributed by atoms with E-state index in [1.807, 2.05) is 18.7 Å². The van der Waals surface area contributed by atoms with Gasteiger partial charge in [0.05, 0.1) is 25.0 Å². The molecule has 0 fully saturated rings. The van der Waals surface area contributed by atoms with E-state index in [9.17, 15) is 9.18 Å². The largest absolute Gasteiger partial charge is 0.489 e. The van der Waals surface area contributed by atoms with Crippen LogP contribution in [-0.2, 0) is 6.54 Å². The molecule has 2 aliphatic heterocycles. The number of nitrogens with zero attached hydrogens (tertiary/aromatic N) is 4. The number of amides is 1. The predicted octanol–water partition coefficient (Wildman–Crippen LogP) is 2.17. The summed E-state index contributed by atoms with van der Waals surface area (Å²) in [6.45, 7) is 5.01. The minimum atomic E-state index is -0.333. The van der Waals surface area contributed by atoms with E-state index in [1.54, 1.807) is 12.3 Å². The molecule has 2 aromatic heterocycles. The van der Waals surface area contributed by atoms with Crippen LogP contribution in [0.4, 0.5) is 10.2 Å². The maximum absolute atomic E-state index is 14.0. The molecule has 0 aliphatic carbocycles. The van der Waals surface area contributed by atoms with Crippen LogP contribution in [-0.4, -0.2) is 45.8 Å². The highest BCUT2D eigenvalue weighted by atomic mass is 19.1. The number of aromatic nitrogens is 3. The number of hydrogen-bond acceptors (Lipinski definition) is 6. The number of carbonyl (C=O) groups is 1. The molecule has 2 atom stereocenters. The number of benzene rings is 1. The van der Waals surface area contributed by atoms with Gasteiger partial charge in [-0.2, -0.15) is 5.10 Å². The first kappa shape index (κ1) is 17.7. The minimum absolute atomic E-state index is 0.00341. The van der Waals surface area contributed by atoms with Crippen LogP contribution in [0.25, 0.3) is 5.65 Å². The van der Waals surface area contributed by atoms with Crippen molar-refractivity contribution in [3.8, 4) is 11.5 Å². The van der Waals surface area contributed by atoms with E-state index in [1.165, 1.54) is 22.8 Å². The topological polar surface area (TPSA) is 81.0 Å². The lowest BCUT2D eigenvalue weighted by molar-refractivity contribution is 0.0933. The summed E-state index contributed by atoms with van der Waals surface area (Å²) in [5.41, 5.74) is 1.52. The molecule has 0 radical (unpaired) electrons. The number of carbonyl (C=O) groups excluding carboxylic acids is 1. The van der Waals surface area contributed by atoms with Crippen molar-refractivity contribution in [3.63, 3.8) is 0 Å². The number of hydrogen-bond donors (Lipinski definition) is 1. The molecule has 2 bridgehead atoms. The summed E-state index contributed by atoms with van der Waals surface area (Å²) in [4.78, 5) is 19.4. The number of anilines is 1. The van der Waals surface area contributed by atoms with Gasteiger partial charge in [0.2, 0.25) is 0 Å². The molecule has 0 spiro atoms. The smallest absolute Gasteiger partial charge is 0.256 e. The molecular formula is C20H20FN5O3. The Kier molecular flexibility index (Phi) is 4.04. The van der Waals surface area contributed by atoms with E-state index in [4.69, 9.17) is 14.5 Å². The van der Waals surface area contributed by atoms with E-state index in [-0.39, 0.29) is 23.9 Å². The average molecular weight is 397 g/mol. The van der Waals surface area contributed by atoms with Crippen LogP contribution in [0.1, 0.15) is 29.8 Å². The molecule has 9 heteroatoms. The first-order valence-electron chi connectivity index (χ1n) is 9.50. The van der Waals surface area contributed by atoms with Crippen LogP contribution < -0.4 is 19.7 Å². The maximum Gasteiger partial charge on any atom is 0.256 e. The van der Waals surface area contributed by atoms with Gasteiger partial charge in [0.25, 0.3) is 5.91 Å². The zero-order valence-corrected chi connectivity index (χ0v) is 16.1. The molecule has 1 N–H and O–H groups in total. The highest BCUT2D eigenvalue weighted by Gasteiger charge is 2.29. The molecule has 4 heterocycles. The second-order valence-electron chi connectivity index (χ2n) is 7.43. The van der Waals surface area contributed by atoms with Gasteiger partial charge in [0.1, 0.15) is 29.8 Å². The van der Waals surface area contributed by atoms with Crippen LogP contribution in [0.3, 0.4) is 0 Å². The number of ether oxygens (including phenoxy) is 2. The summed E-state index contributed by atoms with van der Waals surface area (Å²) in [5, 5.41) is 7.09. The molecule has 1 amide bonds. The van der Waals surface area contributed by atoms with E-state index >= 15 is 0 Å². The highest BCUT2D eigenvalue weighted by molar-refractivity contribution is 5.99. The Hall–Kier alpha value is -3.36. The van der Waals surface area contributed by atoms with Gasteiger partial charge in [-0.15, -0.1) is 0 Å². The van der Waals surface area contributed by atoms with Crippen LogP contribution >= 0.6 is 0 Å². The highest BCUT2D eigenvalue weighted by Crippen LogP contribution is 2.35. The van der Waals surface area contributed by atoms with Crippen molar-refractivity contribution in [1.82, 2.24) is 19.9 Å². The summed E-state index contributed by atoms with van der Waals surface area (Å²) < 4.78 is 27.4. The van der Waals surface area contributed by atoms with Crippen molar-refractivity contribution in [1.29, 1.82) is 0 Å². The molecule has 5 rings (SSSR count). The molecule has 3 aromatic rings. The van der Waals surface area contributed by atoms with Crippen LogP contribution in [0, 0.1) is 5.82 Å². The summed E-state index contributed by atoms with van der Waals surface area (Å²) in [6.07, 6.45) is 2.91. The fraction of sp³-hybridized carbons (Fsp3) is 0.350. The lowest BCUT2D eigenvalue weighted by Crippen LogP contribution is -2.41. The molecule has 0 saturated carbocycles. The Morgan fingerprint density at radius 2 is 2.14 bits per heavy atom. The van der Waals surface area contributed by atoms with Crippen molar-refractivity contribution >= 4 is 17.4 Å². The zero-order chi connectivity index (χ0) is 20.1. The minimum Gasteiger partial charge on any atom is -0.489 e. The first-order valence-corrected chi connectivity index (χ1v) is 9.50.